The summed E-state index contributed by atoms with van der Waals surface area (Å²) >= 11 is 3.40. The monoisotopic (exact) mass is 501 g/mol. The minimum Gasteiger partial charge on any atom is -0.490 e. The number of carbonyl (C=O) groups excluding carboxylic acids is 1. The third kappa shape index (κ3) is 5.53. The molecule has 0 aliphatic rings. The molecule has 8 nitrogen and oxygen atoms in total. The van der Waals surface area contributed by atoms with Crippen molar-refractivity contribution in [2.24, 2.45) is 5.10 Å². The minimum atomic E-state index is -0.489. The van der Waals surface area contributed by atoms with Crippen LogP contribution in [0.25, 0.3) is 10.9 Å². The minimum absolute atomic E-state index is 0.224. The number of aryl methyl sites for hydroxylation is 1. The normalized spacial score (nSPS) is 11.1. The number of nitrogens with zero attached hydrogens (tertiary/aromatic N) is 3. The van der Waals surface area contributed by atoms with Gasteiger partial charge >= 0.3 is 5.97 Å². The fourth-order valence-electron chi connectivity index (χ4n) is 3.01. The summed E-state index contributed by atoms with van der Waals surface area (Å²) in [5.41, 5.74) is 1.10. The zero-order valence-electron chi connectivity index (χ0n) is 18.1. The lowest BCUT2D eigenvalue weighted by molar-refractivity contribution is -0.142. The Morgan fingerprint density at radius 3 is 2.69 bits per heavy atom. The molecule has 0 atom stereocenters. The first-order valence-electron chi connectivity index (χ1n) is 10.2. The van der Waals surface area contributed by atoms with E-state index in [0.29, 0.717) is 46.8 Å². The molecule has 0 aliphatic carbocycles. The van der Waals surface area contributed by atoms with Crippen molar-refractivity contribution in [2.45, 2.75) is 26.7 Å². The first kappa shape index (κ1) is 23.5. The van der Waals surface area contributed by atoms with Gasteiger partial charge in [-0.3, -0.25) is 4.79 Å². The fraction of sp³-hybridized carbons (Fsp3) is 0.304. The Balaban J connectivity index is 1.98. The van der Waals surface area contributed by atoms with E-state index in [-0.39, 0.29) is 12.2 Å². The van der Waals surface area contributed by atoms with Gasteiger partial charge in [-0.05, 0) is 55.3 Å². The number of rotatable bonds is 9. The number of halogens is 1. The average molecular weight is 502 g/mol. The second-order valence-electron chi connectivity index (χ2n) is 6.81. The SMILES string of the molecule is CCCc1nc2ccc(Br)cc2c(=O)n1N=Cc1ccc(OCC(=O)OC)c(OCC)c1. The average Bonchev–Trinajstić information content (AvgIpc) is 2.79. The van der Waals surface area contributed by atoms with E-state index >= 15 is 0 Å². The van der Waals surface area contributed by atoms with Crippen molar-refractivity contribution >= 4 is 39.0 Å². The highest BCUT2D eigenvalue weighted by molar-refractivity contribution is 9.10. The maximum Gasteiger partial charge on any atom is 0.343 e. The number of fused-ring (bicyclic) bond motifs is 1. The fourth-order valence-corrected chi connectivity index (χ4v) is 3.37. The highest BCUT2D eigenvalue weighted by Gasteiger charge is 2.12. The molecule has 1 heterocycles. The maximum atomic E-state index is 13.1. The molecule has 0 saturated carbocycles. The van der Waals surface area contributed by atoms with E-state index in [0.717, 1.165) is 10.9 Å². The molecule has 0 spiro atoms. The second-order valence-corrected chi connectivity index (χ2v) is 7.72. The molecule has 0 saturated heterocycles. The van der Waals surface area contributed by atoms with E-state index in [9.17, 15) is 9.59 Å². The third-order valence-corrected chi connectivity index (χ3v) is 5.01. The van der Waals surface area contributed by atoms with E-state index in [4.69, 9.17) is 9.47 Å². The quantitative estimate of drug-likeness (QED) is 0.325. The van der Waals surface area contributed by atoms with Gasteiger partial charge in [-0.2, -0.15) is 9.78 Å². The van der Waals surface area contributed by atoms with Crippen LogP contribution in [-0.2, 0) is 16.0 Å². The summed E-state index contributed by atoms with van der Waals surface area (Å²) in [6, 6.07) is 10.6. The Morgan fingerprint density at radius 1 is 1.16 bits per heavy atom. The first-order chi connectivity index (χ1) is 15.5. The standard InChI is InChI=1S/C23H24BrN3O5/c1-4-6-21-26-18-9-8-16(24)12-17(18)23(29)27(21)25-13-15-7-10-19(20(11-15)31-5-2)32-14-22(28)30-3/h7-13H,4-6,14H2,1-3H3. The predicted octanol–water partition coefficient (Wildman–Crippen LogP) is 3.94. The van der Waals surface area contributed by atoms with Crippen molar-refractivity contribution in [1.29, 1.82) is 0 Å². The number of aromatic nitrogens is 2. The summed E-state index contributed by atoms with van der Waals surface area (Å²) < 4.78 is 17.8. The van der Waals surface area contributed by atoms with Crippen molar-refractivity contribution in [3.05, 3.63) is 62.6 Å². The van der Waals surface area contributed by atoms with Crippen LogP contribution in [0.2, 0.25) is 0 Å². The number of methoxy groups -OCH3 is 1. The molecule has 32 heavy (non-hydrogen) atoms. The molecule has 0 fully saturated rings. The van der Waals surface area contributed by atoms with E-state index in [1.165, 1.54) is 11.8 Å². The van der Waals surface area contributed by atoms with Gasteiger partial charge in [-0.1, -0.05) is 22.9 Å². The van der Waals surface area contributed by atoms with Crippen molar-refractivity contribution in [3.8, 4) is 11.5 Å². The topological polar surface area (TPSA) is 92.0 Å². The van der Waals surface area contributed by atoms with Gasteiger partial charge in [-0.15, -0.1) is 0 Å². The zero-order chi connectivity index (χ0) is 23.1. The van der Waals surface area contributed by atoms with Gasteiger partial charge in [0.05, 0.1) is 30.8 Å². The molecule has 0 bridgehead atoms. The molecule has 0 N–H and O–H groups in total. The Hall–Kier alpha value is -3.20. The Bertz CT molecular complexity index is 1210. The summed E-state index contributed by atoms with van der Waals surface area (Å²) in [6.45, 7) is 4.06. The molecule has 3 rings (SSSR count). The van der Waals surface area contributed by atoms with Crippen molar-refractivity contribution in [2.75, 3.05) is 20.3 Å². The number of carbonyl (C=O) groups is 1. The zero-order valence-corrected chi connectivity index (χ0v) is 19.7. The van der Waals surface area contributed by atoms with Crippen LogP contribution in [0.4, 0.5) is 0 Å². The van der Waals surface area contributed by atoms with Gasteiger partial charge in [0.15, 0.2) is 18.1 Å². The summed E-state index contributed by atoms with van der Waals surface area (Å²) in [5.74, 6) is 0.973. The molecule has 0 aliphatic heterocycles. The molecular weight excluding hydrogens is 478 g/mol. The van der Waals surface area contributed by atoms with Crippen molar-refractivity contribution < 1.29 is 19.0 Å². The maximum absolute atomic E-state index is 13.1. The van der Waals surface area contributed by atoms with Crippen LogP contribution in [-0.4, -0.2) is 42.2 Å². The predicted molar refractivity (Wildman–Crippen MR) is 126 cm³/mol. The van der Waals surface area contributed by atoms with Crippen LogP contribution < -0.4 is 15.0 Å². The molecular formula is C23H24BrN3O5. The molecule has 0 unspecified atom stereocenters. The van der Waals surface area contributed by atoms with Gasteiger partial charge in [-0.25, -0.2) is 9.78 Å². The lowest BCUT2D eigenvalue weighted by Gasteiger charge is -2.12. The Kier molecular flexibility index (Phi) is 7.99. The number of hydrogen-bond acceptors (Lipinski definition) is 7. The lowest BCUT2D eigenvalue weighted by Crippen LogP contribution is -2.22. The summed E-state index contributed by atoms with van der Waals surface area (Å²) in [5, 5.41) is 4.91. The highest BCUT2D eigenvalue weighted by atomic mass is 79.9. The van der Waals surface area contributed by atoms with Gasteiger partial charge in [0, 0.05) is 10.9 Å². The molecule has 1 aromatic heterocycles. The summed E-state index contributed by atoms with van der Waals surface area (Å²) in [7, 11) is 1.30. The first-order valence-corrected chi connectivity index (χ1v) is 11.0. The second kappa shape index (κ2) is 10.9. The summed E-state index contributed by atoms with van der Waals surface area (Å²) in [6.07, 6.45) is 3.01. The third-order valence-electron chi connectivity index (χ3n) is 4.51. The van der Waals surface area contributed by atoms with Crippen LogP contribution in [0.15, 0.2) is 50.8 Å². The lowest BCUT2D eigenvalue weighted by atomic mass is 10.2. The van der Waals surface area contributed by atoms with Gasteiger partial charge in [0.25, 0.3) is 5.56 Å². The van der Waals surface area contributed by atoms with E-state index in [1.54, 1.807) is 30.5 Å². The number of ether oxygens (including phenoxy) is 3. The van der Waals surface area contributed by atoms with E-state index in [2.05, 4.69) is 30.8 Å². The van der Waals surface area contributed by atoms with Gasteiger partial charge < -0.3 is 14.2 Å². The van der Waals surface area contributed by atoms with Crippen molar-refractivity contribution in [1.82, 2.24) is 9.66 Å². The molecule has 3 aromatic rings. The van der Waals surface area contributed by atoms with Crippen LogP contribution in [0.3, 0.4) is 0 Å². The van der Waals surface area contributed by atoms with Gasteiger partial charge in [0.2, 0.25) is 0 Å². The highest BCUT2D eigenvalue weighted by Crippen LogP contribution is 2.28. The molecule has 0 radical (unpaired) electrons. The number of hydrogen-bond donors (Lipinski definition) is 0. The molecule has 168 valence electrons. The van der Waals surface area contributed by atoms with Crippen LogP contribution in [0.5, 0.6) is 11.5 Å². The smallest absolute Gasteiger partial charge is 0.343 e. The largest absolute Gasteiger partial charge is 0.490 e. The van der Waals surface area contributed by atoms with Crippen LogP contribution in [0.1, 0.15) is 31.7 Å². The molecule has 2 aromatic carbocycles. The number of esters is 1. The molecule has 9 heteroatoms. The van der Waals surface area contributed by atoms with Gasteiger partial charge in [0.1, 0.15) is 5.82 Å². The van der Waals surface area contributed by atoms with Crippen LogP contribution in [0, 0.1) is 0 Å². The van der Waals surface area contributed by atoms with Crippen LogP contribution >= 0.6 is 15.9 Å². The number of benzene rings is 2. The van der Waals surface area contributed by atoms with Crippen molar-refractivity contribution in [3.63, 3.8) is 0 Å². The van der Waals surface area contributed by atoms with E-state index < -0.39 is 5.97 Å². The van der Waals surface area contributed by atoms with E-state index in [1.807, 2.05) is 26.0 Å². The Morgan fingerprint density at radius 2 is 1.97 bits per heavy atom. The Labute approximate surface area is 194 Å². The molecule has 0 amide bonds. The summed E-state index contributed by atoms with van der Waals surface area (Å²) in [4.78, 5) is 29.1.